The summed E-state index contributed by atoms with van der Waals surface area (Å²) in [4.78, 5) is 36.2. The summed E-state index contributed by atoms with van der Waals surface area (Å²) in [6, 6.07) is 0. The van der Waals surface area contributed by atoms with E-state index < -0.39 is 11.2 Å². The fraction of sp³-hybridized carbons (Fsp3) is 0.647. The van der Waals surface area contributed by atoms with Gasteiger partial charge in [-0.2, -0.15) is 0 Å². The van der Waals surface area contributed by atoms with E-state index in [1.807, 2.05) is 20.8 Å². The van der Waals surface area contributed by atoms with Gasteiger partial charge in [-0.05, 0) is 27.2 Å². The lowest BCUT2D eigenvalue weighted by molar-refractivity contribution is -0.100. The van der Waals surface area contributed by atoms with Crippen LogP contribution in [0.25, 0.3) is 0 Å². The number of hydrogen-bond acceptors (Lipinski definition) is 6. The molecular formula is C17H23ClN4O4. The molecule has 0 aromatic carbocycles. The van der Waals surface area contributed by atoms with Crippen LogP contribution in [0.15, 0.2) is 12.4 Å². The summed E-state index contributed by atoms with van der Waals surface area (Å²) in [5.41, 5.74) is -0.871. The summed E-state index contributed by atoms with van der Waals surface area (Å²) in [5.74, 6) is -0.218. The molecule has 0 aliphatic carbocycles. The molecule has 1 aromatic rings. The number of carbonyl (C=O) groups is 2. The Morgan fingerprint density at radius 2 is 1.92 bits per heavy atom. The van der Waals surface area contributed by atoms with Crippen LogP contribution in [-0.2, 0) is 9.47 Å². The first-order chi connectivity index (χ1) is 12.2. The summed E-state index contributed by atoms with van der Waals surface area (Å²) in [6.45, 7) is 7.74. The van der Waals surface area contributed by atoms with Gasteiger partial charge in [-0.3, -0.25) is 4.79 Å². The third kappa shape index (κ3) is 4.24. The Bertz CT molecular complexity index is 691. The van der Waals surface area contributed by atoms with Gasteiger partial charge in [0.1, 0.15) is 22.0 Å². The van der Waals surface area contributed by atoms with Gasteiger partial charge in [-0.25, -0.2) is 14.8 Å². The predicted molar refractivity (Wildman–Crippen MR) is 94.1 cm³/mol. The van der Waals surface area contributed by atoms with E-state index in [-0.39, 0.29) is 22.8 Å². The maximum atomic E-state index is 12.6. The highest BCUT2D eigenvalue weighted by Crippen LogP contribution is 2.30. The number of amides is 2. The Labute approximate surface area is 157 Å². The third-order valence-electron chi connectivity index (χ3n) is 4.34. The van der Waals surface area contributed by atoms with E-state index in [4.69, 9.17) is 21.1 Å². The van der Waals surface area contributed by atoms with Crippen LogP contribution in [0.3, 0.4) is 0 Å². The second-order valence-electron chi connectivity index (χ2n) is 7.63. The van der Waals surface area contributed by atoms with Crippen molar-refractivity contribution < 1.29 is 19.1 Å². The van der Waals surface area contributed by atoms with E-state index in [1.165, 1.54) is 12.4 Å². The molecule has 2 fully saturated rings. The third-order valence-corrected chi connectivity index (χ3v) is 4.54. The molecule has 1 spiro atoms. The van der Waals surface area contributed by atoms with E-state index in [2.05, 4.69) is 9.97 Å². The molecule has 0 saturated carbocycles. The van der Waals surface area contributed by atoms with Crippen LogP contribution in [0.4, 0.5) is 4.79 Å². The standard InChI is InChI=1S/C17H23ClN4O4/c1-16(2,3)26-15(24)22-6-7-25-17(11-22)4-5-21(10-17)14(23)12-8-20-13(18)9-19-12/h8-9H,4-7,10-11H2,1-3H3. The fourth-order valence-electron chi connectivity index (χ4n) is 3.18. The molecule has 142 valence electrons. The highest BCUT2D eigenvalue weighted by Gasteiger charge is 2.46. The number of rotatable bonds is 1. The molecule has 1 unspecified atom stereocenters. The first-order valence-electron chi connectivity index (χ1n) is 8.56. The van der Waals surface area contributed by atoms with Crippen molar-refractivity contribution in [1.82, 2.24) is 19.8 Å². The second-order valence-corrected chi connectivity index (χ2v) is 8.02. The smallest absolute Gasteiger partial charge is 0.410 e. The van der Waals surface area contributed by atoms with Gasteiger partial charge >= 0.3 is 6.09 Å². The summed E-state index contributed by atoms with van der Waals surface area (Å²) >= 11 is 5.72. The van der Waals surface area contributed by atoms with Crippen molar-refractivity contribution in [3.8, 4) is 0 Å². The Balaban J connectivity index is 1.65. The van der Waals surface area contributed by atoms with E-state index in [0.717, 1.165) is 0 Å². The zero-order valence-corrected chi connectivity index (χ0v) is 16.0. The molecule has 26 heavy (non-hydrogen) atoms. The van der Waals surface area contributed by atoms with Crippen LogP contribution in [0.5, 0.6) is 0 Å². The number of likely N-dealkylation sites (tertiary alicyclic amines) is 1. The first-order valence-corrected chi connectivity index (χ1v) is 8.94. The van der Waals surface area contributed by atoms with Gasteiger partial charge < -0.3 is 19.3 Å². The molecule has 3 rings (SSSR count). The summed E-state index contributed by atoms with van der Waals surface area (Å²) < 4.78 is 11.4. The molecule has 8 nitrogen and oxygen atoms in total. The molecular weight excluding hydrogens is 360 g/mol. The number of carbonyl (C=O) groups excluding carboxylic acids is 2. The zero-order valence-electron chi connectivity index (χ0n) is 15.2. The molecule has 2 amide bonds. The summed E-state index contributed by atoms with van der Waals surface area (Å²) in [5, 5.41) is 0.239. The molecule has 0 N–H and O–H groups in total. The Morgan fingerprint density at radius 3 is 2.58 bits per heavy atom. The first kappa shape index (κ1) is 18.8. The van der Waals surface area contributed by atoms with Crippen molar-refractivity contribution in [1.29, 1.82) is 0 Å². The average Bonchev–Trinajstić information content (AvgIpc) is 2.97. The molecule has 1 atom stereocenters. The van der Waals surface area contributed by atoms with Gasteiger partial charge in [0.05, 0.1) is 32.1 Å². The number of hydrogen-bond donors (Lipinski definition) is 0. The largest absolute Gasteiger partial charge is 0.444 e. The van der Waals surface area contributed by atoms with Crippen LogP contribution in [0.2, 0.25) is 5.15 Å². The SMILES string of the molecule is CC(C)(C)OC(=O)N1CCOC2(CCN(C(=O)c3cnc(Cl)cn3)C2)C1. The van der Waals surface area contributed by atoms with Gasteiger partial charge in [0.15, 0.2) is 0 Å². The van der Waals surface area contributed by atoms with Gasteiger partial charge in [0.2, 0.25) is 0 Å². The lowest BCUT2D eigenvalue weighted by atomic mass is 10.0. The van der Waals surface area contributed by atoms with Crippen LogP contribution in [-0.4, -0.2) is 75.8 Å². The number of morpholine rings is 1. The average molecular weight is 383 g/mol. The van der Waals surface area contributed by atoms with Gasteiger partial charge in [0, 0.05) is 13.1 Å². The molecule has 0 radical (unpaired) electrons. The highest BCUT2D eigenvalue weighted by atomic mass is 35.5. The second kappa shape index (κ2) is 7.00. The van der Waals surface area contributed by atoms with Gasteiger partial charge in [-0.1, -0.05) is 11.6 Å². The van der Waals surface area contributed by atoms with E-state index in [1.54, 1.807) is 9.80 Å². The Morgan fingerprint density at radius 1 is 1.19 bits per heavy atom. The Kier molecular flexibility index (Phi) is 5.07. The monoisotopic (exact) mass is 382 g/mol. The quantitative estimate of drug-likeness (QED) is 0.738. The van der Waals surface area contributed by atoms with Crippen LogP contribution >= 0.6 is 11.6 Å². The maximum absolute atomic E-state index is 12.6. The minimum absolute atomic E-state index is 0.218. The van der Waals surface area contributed by atoms with Crippen LogP contribution in [0, 0.1) is 0 Å². The summed E-state index contributed by atoms with van der Waals surface area (Å²) in [6.07, 6.45) is 3.01. The van der Waals surface area contributed by atoms with Crippen molar-refractivity contribution in [2.75, 3.05) is 32.8 Å². The lowest BCUT2D eigenvalue weighted by Crippen LogP contribution is -2.56. The van der Waals surface area contributed by atoms with E-state index in [0.29, 0.717) is 39.2 Å². The van der Waals surface area contributed by atoms with Crippen molar-refractivity contribution in [3.63, 3.8) is 0 Å². The van der Waals surface area contributed by atoms with Crippen molar-refractivity contribution in [3.05, 3.63) is 23.2 Å². The van der Waals surface area contributed by atoms with Crippen LogP contribution < -0.4 is 0 Å². The predicted octanol–water partition coefficient (Wildman–Crippen LogP) is 1.98. The molecule has 2 aliphatic heterocycles. The highest BCUT2D eigenvalue weighted by molar-refractivity contribution is 6.29. The maximum Gasteiger partial charge on any atom is 0.410 e. The lowest BCUT2D eigenvalue weighted by Gasteiger charge is -2.40. The zero-order chi connectivity index (χ0) is 18.9. The Hall–Kier alpha value is -1.93. The minimum atomic E-state index is -0.565. The fourth-order valence-corrected chi connectivity index (χ4v) is 3.27. The normalized spacial score (nSPS) is 23.4. The van der Waals surface area contributed by atoms with Crippen molar-refractivity contribution in [2.45, 2.75) is 38.4 Å². The number of nitrogens with zero attached hydrogens (tertiary/aromatic N) is 4. The number of halogens is 1. The minimum Gasteiger partial charge on any atom is -0.444 e. The van der Waals surface area contributed by atoms with Crippen molar-refractivity contribution >= 4 is 23.6 Å². The molecule has 1 aromatic heterocycles. The molecule has 2 aliphatic rings. The molecule has 0 bridgehead atoms. The molecule has 9 heteroatoms. The molecule has 2 saturated heterocycles. The summed E-state index contributed by atoms with van der Waals surface area (Å²) in [7, 11) is 0. The van der Waals surface area contributed by atoms with E-state index >= 15 is 0 Å². The number of aromatic nitrogens is 2. The van der Waals surface area contributed by atoms with Gasteiger partial charge in [-0.15, -0.1) is 0 Å². The molecule has 3 heterocycles. The topological polar surface area (TPSA) is 84.9 Å². The van der Waals surface area contributed by atoms with Crippen LogP contribution in [0.1, 0.15) is 37.7 Å². The number of ether oxygens (including phenoxy) is 2. The van der Waals surface area contributed by atoms with Crippen molar-refractivity contribution in [2.24, 2.45) is 0 Å². The van der Waals surface area contributed by atoms with E-state index in [9.17, 15) is 9.59 Å². The van der Waals surface area contributed by atoms with Gasteiger partial charge in [0.25, 0.3) is 5.91 Å².